The quantitative estimate of drug-likeness (QED) is 0.713. The summed E-state index contributed by atoms with van der Waals surface area (Å²) in [7, 11) is -3.97. The van der Waals surface area contributed by atoms with Gasteiger partial charge in [0.05, 0.1) is 10.4 Å². The summed E-state index contributed by atoms with van der Waals surface area (Å²) in [6, 6.07) is 10.0. The van der Waals surface area contributed by atoms with E-state index in [1.807, 2.05) is 0 Å². The Bertz CT molecular complexity index is 1370. The number of benzene rings is 2. The monoisotopic (exact) mass is 412 g/mol. The first-order valence-electron chi connectivity index (χ1n) is 9.36. The predicted octanol–water partition coefficient (Wildman–Crippen LogP) is 3.19. The van der Waals surface area contributed by atoms with Crippen molar-refractivity contribution in [2.24, 2.45) is 10.3 Å². The minimum absolute atomic E-state index is 0.0160. The average Bonchev–Trinajstić information content (AvgIpc) is 3.47. The van der Waals surface area contributed by atoms with Crippen LogP contribution >= 0.6 is 0 Å². The molecule has 1 saturated carbocycles. The lowest BCUT2D eigenvalue weighted by atomic mass is 10.00. The number of aromatic hydroxyl groups is 1. The zero-order valence-electron chi connectivity index (χ0n) is 15.3. The normalized spacial score (nSPS) is 17.3. The summed E-state index contributed by atoms with van der Waals surface area (Å²) in [5, 5.41) is 11.0. The van der Waals surface area contributed by atoms with E-state index in [2.05, 4.69) is 4.40 Å². The van der Waals surface area contributed by atoms with E-state index < -0.39 is 27.1 Å². The molecule has 8 heteroatoms. The lowest BCUT2D eigenvalue weighted by molar-refractivity contribution is 0.476. The number of hydrogen-bond acceptors (Lipinski definition) is 4. The highest BCUT2D eigenvalue weighted by atomic mass is 32.2. The number of nitrogens with zero attached hydrogens (tertiary/aromatic N) is 2. The maximum atomic E-state index is 13.9. The third kappa shape index (κ3) is 2.86. The first kappa shape index (κ1) is 18.1. The van der Waals surface area contributed by atoms with Crippen LogP contribution in [0.25, 0.3) is 10.9 Å². The number of rotatable bonds is 4. The van der Waals surface area contributed by atoms with Gasteiger partial charge in [-0.25, -0.2) is 4.39 Å². The first-order valence-corrected chi connectivity index (χ1v) is 10.8. The summed E-state index contributed by atoms with van der Waals surface area (Å²) in [5.41, 5.74) is -0.188. The Labute approximate surface area is 166 Å². The van der Waals surface area contributed by atoms with Gasteiger partial charge in [-0.2, -0.15) is 12.8 Å². The number of hydrogen-bond donors (Lipinski definition) is 1. The molecule has 3 aromatic rings. The van der Waals surface area contributed by atoms with Crippen molar-refractivity contribution in [1.29, 1.82) is 0 Å². The average molecular weight is 412 g/mol. The molecular formula is C21H17FN2O4S. The van der Waals surface area contributed by atoms with E-state index in [-0.39, 0.29) is 27.1 Å². The van der Waals surface area contributed by atoms with E-state index in [1.165, 1.54) is 22.8 Å². The molecule has 0 bridgehead atoms. The molecule has 2 aliphatic rings. The zero-order valence-corrected chi connectivity index (χ0v) is 16.1. The van der Waals surface area contributed by atoms with Crippen LogP contribution in [0.15, 0.2) is 56.6 Å². The standard InChI is InChI=1S/C21H17FN2O4S/c22-13-7-8-16-15(11-13)20(25)18(21(26)24(16)10-9-12-5-6-12)19-14-3-1-2-4-17(14)29(27,28)23-19/h1-4,7-8,11-12,25H,5-6,9-10H2. The van der Waals surface area contributed by atoms with Crippen LogP contribution in [0.5, 0.6) is 5.75 Å². The van der Waals surface area contributed by atoms with Gasteiger partial charge in [0.15, 0.2) is 0 Å². The van der Waals surface area contributed by atoms with Crippen molar-refractivity contribution >= 4 is 26.6 Å². The van der Waals surface area contributed by atoms with Crippen LogP contribution < -0.4 is 5.56 Å². The highest BCUT2D eigenvalue weighted by molar-refractivity contribution is 7.90. The van der Waals surface area contributed by atoms with E-state index in [4.69, 9.17) is 0 Å². The molecule has 0 saturated heterocycles. The van der Waals surface area contributed by atoms with Gasteiger partial charge in [-0.05, 0) is 36.6 Å². The molecule has 0 radical (unpaired) electrons. The first-order chi connectivity index (χ1) is 13.9. The minimum atomic E-state index is -3.97. The zero-order chi connectivity index (χ0) is 20.3. The van der Waals surface area contributed by atoms with E-state index in [1.54, 1.807) is 18.2 Å². The number of fused-ring (bicyclic) bond motifs is 2. The SMILES string of the molecule is O=c1c(C2=NS(=O)(=O)c3ccccc32)c(O)c2cc(F)ccc2n1CCC1CC1. The van der Waals surface area contributed by atoms with Gasteiger partial charge in [0.25, 0.3) is 15.6 Å². The van der Waals surface area contributed by atoms with Crippen LogP contribution in [0.3, 0.4) is 0 Å². The molecular weight excluding hydrogens is 395 g/mol. The molecule has 29 heavy (non-hydrogen) atoms. The summed E-state index contributed by atoms with van der Waals surface area (Å²) in [6.07, 6.45) is 3.02. The number of aryl methyl sites for hydroxylation is 1. The van der Waals surface area contributed by atoms with Gasteiger partial charge in [0, 0.05) is 17.5 Å². The van der Waals surface area contributed by atoms with E-state index >= 15 is 0 Å². The molecule has 2 aromatic carbocycles. The maximum absolute atomic E-state index is 13.9. The van der Waals surface area contributed by atoms with Crippen molar-refractivity contribution < 1.29 is 17.9 Å². The molecule has 1 aliphatic heterocycles. The van der Waals surface area contributed by atoms with Crippen molar-refractivity contribution in [3.05, 3.63) is 69.8 Å². The second kappa shape index (κ2) is 6.25. The summed E-state index contributed by atoms with van der Waals surface area (Å²) in [6.45, 7) is 0.403. The van der Waals surface area contributed by atoms with Gasteiger partial charge in [0.2, 0.25) is 0 Å². The van der Waals surface area contributed by atoms with Gasteiger partial charge in [0.1, 0.15) is 22.8 Å². The fraction of sp³-hybridized carbons (Fsp3) is 0.238. The van der Waals surface area contributed by atoms with E-state index in [9.17, 15) is 22.7 Å². The Kier molecular flexibility index (Phi) is 3.89. The Hall–Kier alpha value is -3.00. The molecule has 1 aromatic heterocycles. The Morgan fingerprint density at radius 1 is 1.17 bits per heavy atom. The molecule has 6 nitrogen and oxygen atoms in total. The summed E-state index contributed by atoms with van der Waals surface area (Å²) in [5.74, 6) is -0.468. The molecule has 2 heterocycles. The highest BCUT2D eigenvalue weighted by Crippen LogP contribution is 2.36. The van der Waals surface area contributed by atoms with Gasteiger partial charge in [-0.3, -0.25) is 4.79 Å². The van der Waals surface area contributed by atoms with Crippen molar-refractivity contribution in [2.45, 2.75) is 30.7 Å². The van der Waals surface area contributed by atoms with Crippen LogP contribution in [-0.4, -0.2) is 23.8 Å². The van der Waals surface area contributed by atoms with Crippen molar-refractivity contribution in [2.75, 3.05) is 0 Å². The van der Waals surface area contributed by atoms with Gasteiger partial charge in [-0.1, -0.05) is 31.0 Å². The summed E-state index contributed by atoms with van der Waals surface area (Å²) in [4.78, 5) is 13.3. The lowest BCUT2D eigenvalue weighted by Crippen LogP contribution is -2.27. The molecule has 0 spiro atoms. The third-order valence-electron chi connectivity index (χ3n) is 5.53. The summed E-state index contributed by atoms with van der Waals surface area (Å²) < 4.78 is 44.1. The van der Waals surface area contributed by atoms with Crippen LogP contribution in [0.4, 0.5) is 4.39 Å². The fourth-order valence-electron chi connectivity index (χ4n) is 3.85. The maximum Gasteiger partial charge on any atom is 0.283 e. The lowest BCUT2D eigenvalue weighted by Gasteiger charge is -2.15. The third-order valence-corrected chi connectivity index (χ3v) is 6.86. The molecule has 0 unspecified atom stereocenters. The van der Waals surface area contributed by atoms with Gasteiger partial charge in [-0.15, -0.1) is 0 Å². The fourth-order valence-corrected chi connectivity index (χ4v) is 5.07. The van der Waals surface area contributed by atoms with Crippen LogP contribution in [0.1, 0.15) is 30.4 Å². The Morgan fingerprint density at radius 2 is 1.93 bits per heavy atom. The largest absolute Gasteiger partial charge is 0.506 e. The smallest absolute Gasteiger partial charge is 0.283 e. The Morgan fingerprint density at radius 3 is 2.69 bits per heavy atom. The molecule has 5 rings (SSSR count). The van der Waals surface area contributed by atoms with Crippen LogP contribution in [0.2, 0.25) is 0 Å². The van der Waals surface area contributed by atoms with Crippen LogP contribution in [0, 0.1) is 11.7 Å². The number of halogens is 1. The number of aromatic nitrogens is 1. The molecule has 0 amide bonds. The number of sulfonamides is 1. The van der Waals surface area contributed by atoms with Gasteiger partial charge < -0.3 is 9.67 Å². The highest BCUT2D eigenvalue weighted by Gasteiger charge is 2.33. The van der Waals surface area contributed by atoms with Crippen molar-refractivity contribution in [3.8, 4) is 5.75 Å². The van der Waals surface area contributed by atoms with Crippen LogP contribution in [-0.2, 0) is 16.6 Å². The molecule has 0 atom stereocenters. The second-order valence-electron chi connectivity index (χ2n) is 7.49. The van der Waals surface area contributed by atoms with E-state index in [0.29, 0.717) is 18.0 Å². The molecule has 1 aliphatic carbocycles. The summed E-state index contributed by atoms with van der Waals surface area (Å²) >= 11 is 0. The van der Waals surface area contributed by atoms with Gasteiger partial charge >= 0.3 is 0 Å². The van der Waals surface area contributed by atoms with E-state index in [0.717, 1.165) is 25.3 Å². The Balaban J connectivity index is 1.82. The topological polar surface area (TPSA) is 88.7 Å². The van der Waals surface area contributed by atoms with Crippen molar-refractivity contribution in [3.63, 3.8) is 0 Å². The number of pyridine rings is 1. The molecule has 148 valence electrons. The molecule has 1 N–H and O–H groups in total. The van der Waals surface area contributed by atoms with Crippen molar-refractivity contribution in [1.82, 2.24) is 4.57 Å². The minimum Gasteiger partial charge on any atom is -0.506 e. The predicted molar refractivity (Wildman–Crippen MR) is 106 cm³/mol. The second-order valence-corrected chi connectivity index (χ2v) is 9.06. The molecule has 1 fully saturated rings.